The van der Waals surface area contributed by atoms with Gasteiger partial charge in [-0.25, -0.2) is 4.79 Å². The molecule has 0 bridgehead atoms. The molecule has 0 atom stereocenters. The average molecular weight is 289 g/mol. The van der Waals surface area contributed by atoms with E-state index in [1.165, 1.54) is 24.3 Å². The average Bonchev–Trinajstić information content (AvgIpc) is 2.77. The van der Waals surface area contributed by atoms with E-state index in [0.717, 1.165) is 0 Å². The Labute approximate surface area is 121 Å². The van der Waals surface area contributed by atoms with Crippen molar-refractivity contribution in [1.29, 1.82) is 0 Å². The number of aromatic hydroxyl groups is 2. The summed E-state index contributed by atoms with van der Waals surface area (Å²) in [5, 5.41) is 26.8. The summed E-state index contributed by atoms with van der Waals surface area (Å²) in [6.07, 6.45) is 0. The molecule has 2 aromatic rings. The summed E-state index contributed by atoms with van der Waals surface area (Å²) < 4.78 is 0.634. The topological polar surface area (TPSA) is 96.4 Å². The minimum Gasteiger partial charge on any atom is -0.492 e. The van der Waals surface area contributed by atoms with Gasteiger partial charge in [0.1, 0.15) is 0 Å². The number of rotatable bonds is 4. The SMILES string of the molecule is CC(C)N=Nc1ccc(C(=O)On2c(O)ccc2O)cc1. The van der Waals surface area contributed by atoms with Crippen LogP contribution in [-0.4, -0.2) is 27.0 Å². The van der Waals surface area contributed by atoms with Gasteiger partial charge in [-0.15, -0.1) is 4.73 Å². The quantitative estimate of drug-likeness (QED) is 0.845. The molecule has 7 nitrogen and oxygen atoms in total. The van der Waals surface area contributed by atoms with Gasteiger partial charge in [0.05, 0.1) is 17.3 Å². The largest absolute Gasteiger partial charge is 0.492 e. The van der Waals surface area contributed by atoms with Gasteiger partial charge < -0.3 is 15.1 Å². The molecule has 2 rings (SSSR count). The highest BCUT2D eigenvalue weighted by molar-refractivity contribution is 5.90. The maximum atomic E-state index is 11.9. The van der Waals surface area contributed by atoms with E-state index in [2.05, 4.69) is 10.2 Å². The van der Waals surface area contributed by atoms with Crippen LogP contribution >= 0.6 is 0 Å². The first-order valence-corrected chi connectivity index (χ1v) is 6.30. The molecule has 0 aliphatic rings. The smallest absolute Gasteiger partial charge is 0.363 e. The highest BCUT2D eigenvalue weighted by Crippen LogP contribution is 2.20. The highest BCUT2D eigenvalue weighted by atomic mass is 16.7. The van der Waals surface area contributed by atoms with Crippen LogP contribution in [0.25, 0.3) is 0 Å². The van der Waals surface area contributed by atoms with Gasteiger partial charge in [-0.1, -0.05) is 0 Å². The molecule has 0 fully saturated rings. The van der Waals surface area contributed by atoms with E-state index in [4.69, 9.17) is 4.84 Å². The van der Waals surface area contributed by atoms with E-state index in [0.29, 0.717) is 10.4 Å². The van der Waals surface area contributed by atoms with Gasteiger partial charge in [-0.3, -0.25) is 0 Å². The summed E-state index contributed by atoms with van der Waals surface area (Å²) in [6.45, 7) is 3.82. The Balaban J connectivity index is 2.10. The fourth-order valence-corrected chi connectivity index (χ4v) is 1.48. The van der Waals surface area contributed by atoms with E-state index in [1.807, 2.05) is 13.8 Å². The molecule has 0 saturated carbocycles. The summed E-state index contributed by atoms with van der Waals surface area (Å²) in [7, 11) is 0. The molecule has 2 N–H and O–H groups in total. The van der Waals surface area contributed by atoms with E-state index >= 15 is 0 Å². The number of hydrogen-bond donors (Lipinski definition) is 2. The zero-order chi connectivity index (χ0) is 15.4. The second-order valence-corrected chi connectivity index (χ2v) is 4.58. The number of azo groups is 1. The van der Waals surface area contributed by atoms with Crippen molar-refractivity contribution < 1.29 is 19.8 Å². The Hall–Kier alpha value is -2.83. The Morgan fingerprint density at radius 1 is 1.10 bits per heavy atom. The molecular formula is C14H15N3O4. The number of hydrogen-bond acceptors (Lipinski definition) is 6. The molecule has 1 aromatic heterocycles. The van der Waals surface area contributed by atoms with Crippen LogP contribution in [0.5, 0.6) is 11.8 Å². The summed E-state index contributed by atoms with van der Waals surface area (Å²) >= 11 is 0. The van der Waals surface area contributed by atoms with E-state index in [9.17, 15) is 15.0 Å². The Morgan fingerprint density at radius 3 is 2.19 bits per heavy atom. The first-order chi connectivity index (χ1) is 9.97. The molecule has 7 heteroatoms. The van der Waals surface area contributed by atoms with Crippen LogP contribution < -0.4 is 4.84 Å². The van der Waals surface area contributed by atoms with Crippen LogP contribution in [0.4, 0.5) is 5.69 Å². The van der Waals surface area contributed by atoms with Crippen LogP contribution in [0.2, 0.25) is 0 Å². The number of carbonyl (C=O) groups excluding carboxylic acids is 1. The molecule has 0 spiro atoms. The van der Waals surface area contributed by atoms with Gasteiger partial charge in [-0.05, 0) is 38.1 Å². The molecule has 0 amide bonds. The minimum atomic E-state index is -0.718. The van der Waals surface area contributed by atoms with Crippen LogP contribution in [0.1, 0.15) is 24.2 Å². The summed E-state index contributed by atoms with van der Waals surface area (Å²) in [5.74, 6) is -1.46. The second-order valence-electron chi connectivity index (χ2n) is 4.58. The molecule has 21 heavy (non-hydrogen) atoms. The molecular weight excluding hydrogens is 274 g/mol. The van der Waals surface area contributed by atoms with Crippen LogP contribution in [0.15, 0.2) is 46.6 Å². The van der Waals surface area contributed by atoms with Crippen molar-refractivity contribution in [2.75, 3.05) is 0 Å². The lowest BCUT2D eigenvalue weighted by atomic mass is 10.2. The third kappa shape index (κ3) is 3.59. The van der Waals surface area contributed by atoms with Crippen LogP contribution in [0, 0.1) is 0 Å². The maximum absolute atomic E-state index is 11.9. The van der Waals surface area contributed by atoms with Crippen molar-refractivity contribution in [3.05, 3.63) is 42.0 Å². The zero-order valence-electron chi connectivity index (χ0n) is 11.6. The third-order valence-electron chi connectivity index (χ3n) is 2.48. The normalized spacial score (nSPS) is 11.2. The lowest BCUT2D eigenvalue weighted by Crippen LogP contribution is -2.18. The van der Waals surface area contributed by atoms with E-state index < -0.39 is 5.97 Å². The molecule has 110 valence electrons. The van der Waals surface area contributed by atoms with Gasteiger partial charge in [-0.2, -0.15) is 10.2 Å². The summed E-state index contributed by atoms with van der Waals surface area (Å²) in [4.78, 5) is 16.7. The minimum absolute atomic E-state index is 0.0920. The third-order valence-corrected chi connectivity index (χ3v) is 2.48. The summed E-state index contributed by atoms with van der Waals surface area (Å²) in [6, 6.07) is 8.80. The Kier molecular flexibility index (Phi) is 4.22. The first kappa shape index (κ1) is 14.6. The van der Waals surface area contributed by atoms with Gasteiger partial charge in [0, 0.05) is 12.1 Å². The maximum Gasteiger partial charge on any atom is 0.363 e. The molecule has 1 aromatic carbocycles. The van der Waals surface area contributed by atoms with Gasteiger partial charge in [0.15, 0.2) is 0 Å². The fraction of sp³-hybridized carbons (Fsp3) is 0.214. The van der Waals surface area contributed by atoms with E-state index in [-0.39, 0.29) is 23.4 Å². The Morgan fingerprint density at radius 2 is 1.67 bits per heavy atom. The Bertz CT molecular complexity index is 640. The van der Waals surface area contributed by atoms with Gasteiger partial charge >= 0.3 is 5.97 Å². The molecule has 0 radical (unpaired) electrons. The van der Waals surface area contributed by atoms with Crippen molar-refractivity contribution in [1.82, 2.24) is 4.73 Å². The molecule has 0 aliphatic carbocycles. The number of aromatic nitrogens is 1. The van der Waals surface area contributed by atoms with Gasteiger partial charge in [0.2, 0.25) is 11.8 Å². The number of carbonyl (C=O) groups is 1. The lowest BCUT2D eigenvalue weighted by molar-refractivity contribution is 0.0382. The number of nitrogens with zero attached hydrogens (tertiary/aromatic N) is 3. The molecule has 0 aliphatic heterocycles. The predicted octanol–water partition coefficient (Wildman–Crippen LogP) is 2.66. The van der Waals surface area contributed by atoms with Crippen molar-refractivity contribution >= 4 is 11.7 Å². The monoisotopic (exact) mass is 289 g/mol. The highest BCUT2D eigenvalue weighted by Gasteiger charge is 2.13. The predicted molar refractivity (Wildman–Crippen MR) is 74.8 cm³/mol. The zero-order valence-corrected chi connectivity index (χ0v) is 11.6. The standard InChI is InChI=1S/C14H15N3O4/c1-9(2)15-16-11-5-3-10(4-6-11)14(20)21-17-12(18)7-8-13(17)19/h3-9,18-19H,1-2H3. The van der Waals surface area contributed by atoms with Crippen molar-refractivity contribution in [3.63, 3.8) is 0 Å². The first-order valence-electron chi connectivity index (χ1n) is 6.30. The summed E-state index contributed by atoms with van der Waals surface area (Å²) in [5.41, 5.74) is 0.873. The fourth-order valence-electron chi connectivity index (χ4n) is 1.48. The van der Waals surface area contributed by atoms with Crippen molar-refractivity contribution in [3.8, 4) is 11.8 Å². The van der Waals surface area contributed by atoms with Crippen LogP contribution in [-0.2, 0) is 0 Å². The van der Waals surface area contributed by atoms with Gasteiger partial charge in [0.25, 0.3) is 0 Å². The number of benzene rings is 1. The van der Waals surface area contributed by atoms with Crippen molar-refractivity contribution in [2.45, 2.75) is 19.9 Å². The molecule has 0 saturated heterocycles. The van der Waals surface area contributed by atoms with Crippen LogP contribution in [0.3, 0.4) is 0 Å². The second kappa shape index (κ2) is 6.08. The van der Waals surface area contributed by atoms with Crippen molar-refractivity contribution in [2.24, 2.45) is 10.2 Å². The molecule has 1 heterocycles. The molecule has 0 unspecified atom stereocenters. The van der Waals surface area contributed by atoms with E-state index in [1.54, 1.807) is 12.1 Å². The lowest BCUT2D eigenvalue weighted by Gasteiger charge is -2.06.